The second-order valence-corrected chi connectivity index (χ2v) is 8.26. The molecule has 2 saturated heterocycles. The average Bonchev–Trinajstić information content (AvgIpc) is 3.50. The minimum atomic E-state index is -5.08. The van der Waals surface area contributed by atoms with Crippen molar-refractivity contribution >= 4 is 11.9 Å². The number of aromatic nitrogens is 1. The van der Waals surface area contributed by atoms with Gasteiger partial charge in [-0.2, -0.15) is 26.3 Å². The Labute approximate surface area is 213 Å². The summed E-state index contributed by atoms with van der Waals surface area (Å²) >= 11 is 0. The number of ether oxygens (including phenoxy) is 2. The van der Waals surface area contributed by atoms with E-state index in [2.05, 4.69) is 9.88 Å². The lowest BCUT2D eigenvalue weighted by Gasteiger charge is -2.35. The number of fused-ring (bicyclic) bond motifs is 1. The van der Waals surface area contributed by atoms with E-state index in [0.29, 0.717) is 25.4 Å². The molecular formula is C23H26F6N2O7. The highest BCUT2D eigenvalue weighted by Crippen LogP contribution is 2.32. The topological polar surface area (TPSA) is 122 Å². The van der Waals surface area contributed by atoms with Crippen molar-refractivity contribution in [1.82, 2.24) is 9.88 Å². The van der Waals surface area contributed by atoms with Crippen molar-refractivity contribution in [2.45, 2.75) is 63.0 Å². The molecule has 3 atom stereocenters. The summed E-state index contributed by atoms with van der Waals surface area (Å²) in [5.74, 6) is -4.47. The molecule has 0 aliphatic carbocycles. The number of pyridine rings is 1. The molecule has 212 valence electrons. The third kappa shape index (κ3) is 10.7. The second-order valence-electron chi connectivity index (χ2n) is 8.26. The first-order chi connectivity index (χ1) is 17.8. The van der Waals surface area contributed by atoms with Crippen molar-refractivity contribution in [2.24, 2.45) is 0 Å². The van der Waals surface area contributed by atoms with Crippen LogP contribution in [0, 0.1) is 0 Å². The number of alkyl halides is 6. The largest absolute Gasteiger partial charge is 0.490 e. The minimum Gasteiger partial charge on any atom is -0.475 e. The van der Waals surface area contributed by atoms with E-state index in [4.69, 9.17) is 33.7 Å². The molecule has 0 spiro atoms. The molecule has 0 amide bonds. The van der Waals surface area contributed by atoms with Gasteiger partial charge >= 0.3 is 24.3 Å². The number of nitrogens with zero attached hydrogens (tertiary/aromatic N) is 2. The van der Waals surface area contributed by atoms with E-state index < -0.39 is 24.3 Å². The van der Waals surface area contributed by atoms with Gasteiger partial charge < -0.3 is 24.1 Å². The number of carbonyl (C=O) groups is 2. The van der Waals surface area contributed by atoms with Gasteiger partial charge in [0.15, 0.2) is 0 Å². The summed E-state index contributed by atoms with van der Waals surface area (Å²) in [6.45, 7) is 3.24. The van der Waals surface area contributed by atoms with Crippen LogP contribution in [0.2, 0.25) is 0 Å². The molecule has 0 saturated carbocycles. The van der Waals surface area contributed by atoms with Gasteiger partial charge in [-0.05, 0) is 43.0 Å². The first kappa shape index (κ1) is 31.1. The van der Waals surface area contributed by atoms with E-state index in [9.17, 15) is 26.3 Å². The van der Waals surface area contributed by atoms with E-state index in [1.165, 1.54) is 6.42 Å². The number of likely N-dealkylation sites (tertiary alicyclic amines) is 1. The zero-order chi connectivity index (χ0) is 28.3. The lowest BCUT2D eigenvalue weighted by atomic mass is 9.99. The lowest BCUT2D eigenvalue weighted by molar-refractivity contribution is -0.193. The molecule has 0 aromatic carbocycles. The smallest absolute Gasteiger partial charge is 0.475 e. The van der Waals surface area contributed by atoms with E-state index >= 15 is 0 Å². The Morgan fingerprint density at radius 1 is 1.03 bits per heavy atom. The summed E-state index contributed by atoms with van der Waals surface area (Å²) in [7, 11) is 0. The van der Waals surface area contributed by atoms with Crippen molar-refractivity contribution in [1.29, 1.82) is 0 Å². The van der Waals surface area contributed by atoms with Crippen LogP contribution in [0.4, 0.5) is 26.3 Å². The molecule has 15 heteroatoms. The molecule has 4 rings (SSSR count). The summed E-state index contributed by atoms with van der Waals surface area (Å²) in [4.78, 5) is 24.4. The maximum absolute atomic E-state index is 10.6. The Kier molecular flexibility index (Phi) is 11.5. The third-order valence-corrected chi connectivity index (χ3v) is 5.47. The van der Waals surface area contributed by atoms with Crippen LogP contribution in [-0.4, -0.2) is 75.8 Å². The molecule has 0 unspecified atom stereocenters. The number of hydrogen-bond acceptors (Lipinski definition) is 7. The van der Waals surface area contributed by atoms with Gasteiger partial charge in [-0.3, -0.25) is 9.88 Å². The van der Waals surface area contributed by atoms with Crippen LogP contribution in [0.1, 0.15) is 30.6 Å². The van der Waals surface area contributed by atoms with Gasteiger partial charge in [0.25, 0.3) is 0 Å². The Hall–Kier alpha value is -3.17. The maximum atomic E-state index is 10.6. The van der Waals surface area contributed by atoms with Crippen molar-refractivity contribution in [3.8, 4) is 0 Å². The SMILES string of the molecule is O=C(O)C(F)(F)F.O=C(O)C(F)(F)F.c1cncc(COC[C@H]2CC[C@H]3[C@H](CCN3Cc3ccco3)O2)c1. The van der Waals surface area contributed by atoms with Crippen molar-refractivity contribution in [2.75, 3.05) is 13.2 Å². The molecule has 2 aliphatic rings. The standard InChI is InChI=1S/C19H24N2O3.2C2HF3O2/c1-3-15(11-20-8-1)13-22-14-17-5-6-18-19(24-17)7-9-21(18)12-16-4-2-10-23-16;2*3-2(4,5)1(6)7/h1-4,8,10-11,17-19H,5-7,9,12-14H2;2*(H,6,7)/t17-,18+,19+;;/m1../s1. The fraction of sp³-hybridized carbons (Fsp3) is 0.522. The first-order valence-electron chi connectivity index (χ1n) is 11.3. The van der Waals surface area contributed by atoms with Gasteiger partial charge in [-0.1, -0.05) is 6.07 Å². The fourth-order valence-corrected chi connectivity index (χ4v) is 3.80. The van der Waals surface area contributed by atoms with Crippen LogP contribution < -0.4 is 0 Å². The number of halogens is 6. The van der Waals surface area contributed by atoms with Crippen LogP contribution in [-0.2, 0) is 32.2 Å². The zero-order valence-corrected chi connectivity index (χ0v) is 19.8. The van der Waals surface area contributed by atoms with E-state index in [0.717, 1.165) is 37.3 Å². The number of rotatable bonds is 6. The third-order valence-electron chi connectivity index (χ3n) is 5.47. The van der Waals surface area contributed by atoms with Gasteiger partial charge in [0.1, 0.15) is 5.76 Å². The van der Waals surface area contributed by atoms with Crippen LogP contribution in [0.5, 0.6) is 0 Å². The normalized spacial score (nSPS) is 21.4. The molecule has 0 bridgehead atoms. The number of furan rings is 1. The van der Waals surface area contributed by atoms with Crippen molar-refractivity contribution in [3.05, 3.63) is 54.2 Å². The Balaban J connectivity index is 0.000000301. The molecular weight excluding hydrogens is 530 g/mol. The second kappa shape index (κ2) is 14.1. The van der Waals surface area contributed by atoms with Crippen LogP contribution in [0.15, 0.2) is 47.3 Å². The molecule has 2 fully saturated rings. The molecule has 2 aromatic heterocycles. The van der Waals surface area contributed by atoms with E-state index in [1.807, 2.05) is 30.5 Å². The average molecular weight is 556 g/mol. The highest BCUT2D eigenvalue weighted by atomic mass is 19.4. The first-order valence-corrected chi connectivity index (χ1v) is 11.3. The van der Waals surface area contributed by atoms with Crippen LogP contribution in [0.3, 0.4) is 0 Å². The number of hydrogen-bond donors (Lipinski definition) is 2. The summed E-state index contributed by atoms with van der Waals surface area (Å²) in [5, 5.41) is 14.2. The summed E-state index contributed by atoms with van der Waals surface area (Å²) in [6, 6.07) is 8.49. The van der Waals surface area contributed by atoms with Gasteiger partial charge in [-0.15, -0.1) is 0 Å². The van der Waals surface area contributed by atoms with Gasteiger partial charge in [0.2, 0.25) is 0 Å². The quantitative estimate of drug-likeness (QED) is 0.502. The van der Waals surface area contributed by atoms with E-state index in [1.54, 1.807) is 12.5 Å². The summed E-state index contributed by atoms with van der Waals surface area (Å²) in [5.41, 5.74) is 1.11. The van der Waals surface area contributed by atoms with Crippen molar-refractivity contribution < 1.29 is 60.0 Å². The molecule has 0 radical (unpaired) electrons. The monoisotopic (exact) mass is 556 g/mol. The predicted octanol–water partition coefficient (Wildman–Crippen LogP) is 4.28. The molecule has 4 heterocycles. The number of aliphatic carboxylic acids is 2. The molecule has 2 aliphatic heterocycles. The van der Waals surface area contributed by atoms with Gasteiger partial charge in [0.05, 0.1) is 38.2 Å². The Bertz CT molecular complexity index is 962. The molecule has 2 N–H and O–H groups in total. The number of carboxylic acids is 2. The predicted molar refractivity (Wildman–Crippen MR) is 117 cm³/mol. The minimum absolute atomic E-state index is 0.214. The van der Waals surface area contributed by atoms with Crippen LogP contribution in [0.25, 0.3) is 0 Å². The summed E-state index contributed by atoms with van der Waals surface area (Å²) < 4.78 is 81.1. The van der Waals surface area contributed by atoms with Gasteiger partial charge in [-0.25, -0.2) is 9.59 Å². The summed E-state index contributed by atoms with van der Waals surface area (Å²) in [6.07, 6.45) is -0.911. The molecule has 9 nitrogen and oxygen atoms in total. The van der Waals surface area contributed by atoms with Crippen molar-refractivity contribution in [3.63, 3.8) is 0 Å². The van der Waals surface area contributed by atoms with E-state index in [-0.39, 0.29) is 6.10 Å². The molecule has 38 heavy (non-hydrogen) atoms. The lowest BCUT2D eigenvalue weighted by Crippen LogP contribution is -2.43. The molecule has 2 aromatic rings. The zero-order valence-electron chi connectivity index (χ0n) is 19.8. The maximum Gasteiger partial charge on any atom is 0.490 e. The fourth-order valence-electron chi connectivity index (χ4n) is 3.80. The highest BCUT2D eigenvalue weighted by Gasteiger charge is 2.40. The highest BCUT2D eigenvalue weighted by molar-refractivity contribution is 5.73. The Morgan fingerprint density at radius 2 is 1.68 bits per heavy atom. The van der Waals surface area contributed by atoms with Gasteiger partial charge in [0, 0.05) is 25.0 Å². The number of carboxylic acid groups (broad SMARTS) is 2. The van der Waals surface area contributed by atoms with Crippen LogP contribution >= 0.6 is 0 Å². The Morgan fingerprint density at radius 3 is 2.21 bits per heavy atom.